The summed E-state index contributed by atoms with van der Waals surface area (Å²) < 4.78 is 29.2. The first-order valence-corrected chi connectivity index (χ1v) is 10.2. The van der Waals surface area contributed by atoms with Crippen molar-refractivity contribution in [1.82, 2.24) is 15.0 Å². The van der Waals surface area contributed by atoms with Crippen molar-refractivity contribution in [2.24, 2.45) is 0 Å². The molecule has 2 rings (SSSR count). The van der Waals surface area contributed by atoms with E-state index in [1.807, 2.05) is 0 Å². The van der Waals surface area contributed by atoms with Crippen LogP contribution < -0.4 is 8.83 Å². The Morgan fingerprint density at radius 3 is 2.00 bits per heavy atom. The van der Waals surface area contributed by atoms with Crippen molar-refractivity contribution in [3.63, 3.8) is 0 Å². The summed E-state index contributed by atoms with van der Waals surface area (Å²) in [5.74, 6) is 0.141. The topological polar surface area (TPSA) is 108 Å². The summed E-state index contributed by atoms with van der Waals surface area (Å²) in [6, 6.07) is 5.67. The van der Waals surface area contributed by atoms with Gasteiger partial charge in [0.1, 0.15) is 0 Å². The monoisotopic (exact) mass is 410 g/mol. The molecule has 19 heavy (non-hydrogen) atoms. The van der Waals surface area contributed by atoms with Crippen LogP contribution in [0, 0.1) is 0 Å². The molecule has 0 saturated heterocycles. The number of aromatic nitrogens is 3. The molecule has 0 aliphatic carbocycles. The predicted molar refractivity (Wildman–Crippen MR) is 70.1 cm³/mol. The van der Waals surface area contributed by atoms with E-state index in [1.165, 1.54) is 24.3 Å². The molecule has 1 aromatic heterocycles. The van der Waals surface area contributed by atoms with Gasteiger partial charge in [0, 0.05) is 0 Å². The van der Waals surface area contributed by atoms with E-state index in [9.17, 15) is 3.02 Å². The number of halogens is 2. The zero-order chi connectivity index (χ0) is 14.0. The first-order chi connectivity index (χ1) is 8.84. The van der Waals surface area contributed by atoms with E-state index in [0.29, 0.717) is 5.69 Å². The average molecular weight is 412 g/mol. The number of benzene rings is 1. The molecule has 0 spiro atoms. The second-order valence-corrected chi connectivity index (χ2v) is 8.67. The molecule has 0 aliphatic rings. The van der Waals surface area contributed by atoms with Gasteiger partial charge in [0.25, 0.3) is 0 Å². The predicted octanol–water partition coefficient (Wildman–Crippen LogP) is 0.483. The zero-order valence-electron chi connectivity index (χ0n) is 9.16. The van der Waals surface area contributed by atoms with E-state index in [-0.39, 0.29) is 20.0 Å². The molecule has 0 bridgehead atoms. The number of hydrogen-bond acceptors (Lipinski definition) is 5. The maximum atomic E-state index is 11.1. The van der Waals surface area contributed by atoms with Crippen molar-refractivity contribution in [2.75, 3.05) is 5.32 Å². The molecule has 0 aliphatic heterocycles. The van der Waals surface area contributed by atoms with Gasteiger partial charge in [0.15, 0.2) is 0 Å². The SMILES string of the molecule is [O]=[Sb]([OH])([OH])[c]1ccc(Nc2nc(Cl)nc(Cl)n2)cc1. The van der Waals surface area contributed by atoms with Gasteiger partial charge in [0.05, 0.1) is 0 Å². The van der Waals surface area contributed by atoms with Gasteiger partial charge in [-0.2, -0.15) is 0 Å². The number of anilines is 2. The Morgan fingerprint density at radius 2 is 1.53 bits per heavy atom. The van der Waals surface area contributed by atoms with Crippen LogP contribution in [0.4, 0.5) is 11.6 Å². The van der Waals surface area contributed by atoms with Crippen LogP contribution in [0.5, 0.6) is 0 Å². The van der Waals surface area contributed by atoms with Gasteiger partial charge < -0.3 is 0 Å². The van der Waals surface area contributed by atoms with Gasteiger partial charge in [-0.25, -0.2) is 0 Å². The molecule has 0 fully saturated rings. The molecular formula is C9H7Cl2N4O3Sb. The second-order valence-electron chi connectivity index (χ2n) is 3.41. The van der Waals surface area contributed by atoms with Gasteiger partial charge in [-0.1, -0.05) is 0 Å². The number of nitrogens with one attached hydrogen (secondary N) is 1. The quantitative estimate of drug-likeness (QED) is 0.630. The summed E-state index contributed by atoms with van der Waals surface area (Å²) in [5, 5.41) is 2.68. The fourth-order valence-corrected chi connectivity index (χ4v) is 3.15. The van der Waals surface area contributed by atoms with Gasteiger partial charge in [-0.3, -0.25) is 0 Å². The molecule has 3 N–H and O–H groups in total. The van der Waals surface area contributed by atoms with Crippen LogP contribution in [0.15, 0.2) is 24.3 Å². The zero-order valence-corrected chi connectivity index (χ0v) is 13.2. The molecule has 2 aromatic rings. The summed E-state index contributed by atoms with van der Waals surface area (Å²) in [7, 11) is 0. The Morgan fingerprint density at radius 1 is 1.00 bits per heavy atom. The summed E-state index contributed by atoms with van der Waals surface area (Å²) in [4.78, 5) is 11.2. The van der Waals surface area contributed by atoms with Crippen LogP contribution in [-0.4, -0.2) is 41.4 Å². The average Bonchev–Trinajstić information content (AvgIpc) is 2.26. The van der Waals surface area contributed by atoms with Crippen molar-refractivity contribution < 1.29 is 9.79 Å². The van der Waals surface area contributed by atoms with Crippen LogP contribution in [0.2, 0.25) is 10.6 Å². The van der Waals surface area contributed by atoms with Gasteiger partial charge in [-0.05, 0) is 0 Å². The standard InChI is InChI=1S/C9H5Cl2N4.2H2O.O.Sb/c10-7-13-8(11)15-9(14-7)12-6-4-2-1-3-5-6;;;;/h2-5H,(H,12,13,14,15);2*1H2;;/q;;;;+2/p-2. The molecule has 0 saturated carbocycles. The van der Waals surface area contributed by atoms with Crippen LogP contribution in [0.1, 0.15) is 0 Å². The minimum absolute atomic E-state index is 0.00996. The Bertz CT molecular complexity index is 626. The van der Waals surface area contributed by atoms with Crippen LogP contribution in [0.3, 0.4) is 0 Å². The minimum atomic E-state index is -5.14. The van der Waals surface area contributed by atoms with Gasteiger partial charge in [-0.15, -0.1) is 0 Å². The van der Waals surface area contributed by atoms with Crippen LogP contribution >= 0.6 is 23.2 Å². The Balaban J connectivity index is 2.22. The maximum absolute atomic E-state index is 11.1. The molecule has 10 heteroatoms. The Kier molecular flexibility index (Phi) is 4.32. The fraction of sp³-hybridized carbons (Fsp3) is 0. The van der Waals surface area contributed by atoms with E-state index >= 15 is 0 Å². The Labute approximate surface area is 122 Å². The van der Waals surface area contributed by atoms with Gasteiger partial charge >= 0.3 is 123 Å². The molecule has 0 radical (unpaired) electrons. The van der Waals surface area contributed by atoms with Crippen molar-refractivity contribution in [3.8, 4) is 0 Å². The molecular weight excluding hydrogens is 405 g/mol. The molecule has 1 heterocycles. The van der Waals surface area contributed by atoms with Crippen molar-refractivity contribution in [3.05, 3.63) is 34.8 Å². The fourth-order valence-electron chi connectivity index (χ4n) is 1.25. The first kappa shape index (κ1) is 14.6. The third-order valence-electron chi connectivity index (χ3n) is 2.04. The Hall–Kier alpha value is -0.852. The first-order valence-electron chi connectivity index (χ1n) is 4.85. The summed E-state index contributed by atoms with van der Waals surface area (Å²) in [6.45, 7) is 0. The van der Waals surface area contributed by atoms with E-state index in [2.05, 4.69) is 20.3 Å². The van der Waals surface area contributed by atoms with E-state index < -0.39 is 19.6 Å². The van der Waals surface area contributed by atoms with Crippen molar-refractivity contribution in [1.29, 1.82) is 0 Å². The van der Waals surface area contributed by atoms with Crippen molar-refractivity contribution in [2.45, 2.75) is 0 Å². The van der Waals surface area contributed by atoms with E-state index in [0.717, 1.165) is 0 Å². The summed E-state index contributed by atoms with van der Waals surface area (Å²) in [5.41, 5.74) is 0.538. The second kappa shape index (κ2) is 5.64. The van der Waals surface area contributed by atoms with Crippen molar-refractivity contribution >= 4 is 58.0 Å². The van der Waals surface area contributed by atoms with Crippen LogP contribution in [0.25, 0.3) is 0 Å². The number of nitrogens with zero attached hydrogens (tertiary/aromatic N) is 3. The molecule has 0 amide bonds. The van der Waals surface area contributed by atoms with Gasteiger partial charge in [0.2, 0.25) is 0 Å². The third kappa shape index (κ3) is 4.06. The molecule has 100 valence electrons. The molecule has 0 atom stereocenters. The molecule has 1 aromatic carbocycles. The number of hydrogen-bond donors (Lipinski definition) is 3. The third-order valence-corrected chi connectivity index (χ3v) is 5.15. The molecule has 0 unspecified atom stereocenters. The summed E-state index contributed by atoms with van der Waals surface area (Å²) in [6.07, 6.45) is 0. The molecule has 7 nitrogen and oxygen atoms in total. The normalized spacial score (nSPS) is 11.4. The summed E-state index contributed by atoms with van der Waals surface area (Å²) >= 11 is 6.09. The van der Waals surface area contributed by atoms with E-state index in [4.69, 9.17) is 30.0 Å². The number of rotatable bonds is 3. The van der Waals surface area contributed by atoms with E-state index in [1.54, 1.807) is 0 Å². The van der Waals surface area contributed by atoms with Crippen LogP contribution in [-0.2, 0) is 3.02 Å².